The first kappa shape index (κ1) is 24.3. The fourth-order valence-electron chi connectivity index (χ4n) is 6.22. The number of aliphatic imine (C=N–C) groups is 4. The number of nitrogens with zero attached hydrogens (tertiary/aromatic N) is 8. The van der Waals surface area contributed by atoms with E-state index in [4.69, 9.17) is 30.0 Å². The average Bonchev–Trinajstić information content (AvgIpc) is 3.70. The topological polar surface area (TPSA) is 84.0 Å². The Labute approximate surface area is 241 Å². The van der Waals surface area contributed by atoms with E-state index in [9.17, 15) is 0 Å². The van der Waals surface area contributed by atoms with Crippen molar-refractivity contribution in [2.75, 3.05) is 0 Å². The molecule has 0 unspecified atom stereocenters. The molecular weight excluding hydrogens is 520 g/mol. The van der Waals surface area contributed by atoms with E-state index in [1.54, 1.807) is 6.08 Å². The van der Waals surface area contributed by atoms with Gasteiger partial charge in [0.1, 0.15) is 29.3 Å². The highest BCUT2D eigenvalue weighted by Gasteiger charge is 2.30. The molecule has 2 aromatic heterocycles. The quantitative estimate of drug-likeness (QED) is 0.272. The third-order valence-electron chi connectivity index (χ3n) is 8.09. The normalized spacial score (nSPS) is 20.9. The first-order valence-electron chi connectivity index (χ1n) is 14.0. The maximum atomic E-state index is 5.22. The summed E-state index contributed by atoms with van der Waals surface area (Å²) in [6, 6.07) is 16.5. The molecule has 6 bridgehead atoms. The highest BCUT2D eigenvalue weighted by Crippen LogP contribution is 2.41. The molecule has 8 nitrogen and oxygen atoms in total. The van der Waals surface area contributed by atoms with E-state index >= 15 is 0 Å². The van der Waals surface area contributed by atoms with Crippen LogP contribution in [0.3, 0.4) is 0 Å². The van der Waals surface area contributed by atoms with E-state index in [1.165, 1.54) is 0 Å². The van der Waals surface area contributed by atoms with E-state index in [2.05, 4.69) is 52.1 Å². The summed E-state index contributed by atoms with van der Waals surface area (Å²) < 4.78 is 4.29. The Morgan fingerprint density at radius 3 is 1.45 bits per heavy atom. The molecule has 0 saturated carbocycles. The summed E-state index contributed by atoms with van der Waals surface area (Å²) in [5.41, 5.74) is 5.26. The van der Waals surface area contributed by atoms with Crippen LogP contribution < -0.4 is 11.0 Å². The minimum atomic E-state index is 0.405. The average molecular weight is 547 g/mol. The first-order chi connectivity index (χ1) is 20.6. The predicted molar refractivity (Wildman–Crippen MR) is 170 cm³/mol. The van der Waals surface area contributed by atoms with Gasteiger partial charge in [-0.3, -0.25) is 9.13 Å². The van der Waals surface area contributed by atoms with Crippen LogP contribution >= 0.6 is 0 Å². The van der Waals surface area contributed by atoms with Gasteiger partial charge >= 0.3 is 0 Å². The Morgan fingerprint density at radius 1 is 0.548 bits per heavy atom. The second-order valence-corrected chi connectivity index (χ2v) is 10.3. The summed E-state index contributed by atoms with van der Waals surface area (Å²) >= 11 is 0. The van der Waals surface area contributed by atoms with E-state index < -0.39 is 0 Å². The molecule has 0 spiro atoms. The molecule has 4 aliphatic heterocycles. The van der Waals surface area contributed by atoms with Crippen LogP contribution in [-0.4, -0.2) is 32.5 Å². The molecule has 8 rings (SSSR count). The lowest BCUT2D eigenvalue weighted by Gasteiger charge is -2.12. The summed E-state index contributed by atoms with van der Waals surface area (Å²) in [4.78, 5) is 30.9. The maximum Gasteiger partial charge on any atom is 0.164 e. The lowest BCUT2D eigenvalue weighted by molar-refractivity contribution is 0.584. The van der Waals surface area contributed by atoms with Gasteiger partial charge in [-0.25, -0.2) is 30.0 Å². The van der Waals surface area contributed by atoms with Gasteiger partial charge in [0, 0.05) is 43.8 Å². The van der Waals surface area contributed by atoms with Crippen molar-refractivity contribution in [2.45, 2.75) is 27.4 Å². The monoisotopic (exact) mass is 546 g/mol. The van der Waals surface area contributed by atoms with Crippen molar-refractivity contribution in [3.05, 3.63) is 119 Å². The number of allylic oxidation sites excluding steroid dienone is 5. The second kappa shape index (κ2) is 9.01. The maximum absolute atomic E-state index is 5.22. The highest BCUT2D eigenvalue weighted by molar-refractivity contribution is 6.28. The smallest absolute Gasteiger partial charge is 0.164 e. The number of benzene rings is 2. The molecule has 202 valence electrons. The van der Waals surface area contributed by atoms with Crippen LogP contribution in [0, 0.1) is 0 Å². The number of fused-ring (bicyclic) bond motifs is 8. The molecule has 0 radical (unpaired) electrons. The van der Waals surface area contributed by atoms with Gasteiger partial charge in [0.2, 0.25) is 0 Å². The van der Waals surface area contributed by atoms with Crippen LogP contribution in [0.2, 0.25) is 0 Å². The van der Waals surface area contributed by atoms with Crippen molar-refractivity contribution in [1.29, 1.82) is 0 Å². The van der Waals surface area contributed by atoms with E-state index in [1.807, 2.05) is 57.2 Å². The van der Waals surface area contributed by atoms with Gasteiger partial charge in [0.05, 0.1) is 0 Å². The molecule has 8 heteroatoms. The van der Waals surface area contributed by atoms with Gasteiger partial charge in [0.15, 0.2) is 23.3 Å². The molecule has 0 amide bonds. The standard InChI is InChI=1S/C34H26N8/c1-5-13-22-21(8-4)29-36-30(22)40-34-26-17-12-11-16-25(26)32-38-28-20(7-3)19(6-2)27(35-28)37-31-23-14-9-10-15-24(23)33(39-29)41(31)18-42(32)34/h5-17H,1,18H2,2-4H3/b19-6+,20-7?,21-8+,22-13?,37-27?,37-31?,38-28?,38-32?,39-29?,39-33?,40-30?,40-34?. The van der Waals surface area contributed by atoms with Crippen LogP contribution in [-0.2, 0) is 6.67 Å². The van der Waals surface area contributed by atoms with Crippen molar-refractivity contribution in [3.63, 3.8) is 0 Å². The van der Waals surface area contributed by atoms with E-state index in [-0.39, 0.29) is 0 Å². The van der Waals surface area contributed by atoms with Gasteiger partial charge in [-0.1, -0.05) is 85.5 Å². The zero-order valence-electron chi connectivity index (χ0n) is 23.5. The lowest BCUT2D eigenvalue weighted by atomic mass is 10.1. The van der Waals surface area contributed by atoms with Crippen molar-refractivity contribution in [1.82, 2.24) is 9.13 Å². The zero-order chi connectivity index (χ0) is 28.5. The minimum Gasteiger partial charge on any atom is -0.291 e. The summed E-state index contributed by atoms with van der Waals surface area (Å²) in [6.45, 7) is 10.4. The van der Waals surface area contributed by atoms with Crippen molar-refractivity contribution < 1.29 is 0 Å². The Hall–Kier alpha value is -5.50. The fraction of sp³-hybridized carbons (Fsp3) is 0.118. The lowest BCUT2D eigenvalue weighted by Crippen LogP contribution is -2.32. The fourth-order valence-corrected chi connectivity index (χ4v) is 6.22. The molecule has 0 aliphatic carbocycles. The van der Waals surface area contributed by atoms with E-state index in [0.29, 0.717) is 30.0 Å². The van der Waals surface area contributed by atoms with Crippen molar-refractivity contribution in [2.24, 2.45) is 30.0 Å². The van der Waals surface area contributed by atoms with E-state index in [0.717, 1.165) is 66.4 Å². The molecule has 4 aliphatic rings. The molecule has 6 heterocycles. The van der Waals surface area contributed by atoms with Crippen LogP contribution in [0.1, 0.15) is 20.8 Å². The molecule has 0 N–H and O–H groups in total. The highest BCUT2D eigenvalue weighted by atomic mass is 15.3. The minimum absolute atomic E-state index is 0.405. The number of aromatic nitrogens is 2. The molecule has 0 fully saturated rings. The first-order valence-corrected chi connectivity index (χ1v) is 14.0. The van der Waals surface area contributed by atoms with Crippen LogP contribution in [0.25, 0.3) is 21.5 Å². The van der Waals surface area contributed by atoms with Crippen molar-refractivity contribution >= 4 is 56.5 Å². The second-order valence-electron chi connectivity index (χ2n) is 10.3. The molecule has 0 atom stereocenters. The third kappa shape index (κ3) is 3.23. The summed E-state index contributed by atoms with van der Waals surface area (Å²) in [5, 5.41) is 3.95. The number of amidine groups is 4. The molecule has 4 aromatic rings. The van der Waals surface area contributed by atoms with Gasteiger partial charge in [-0.05, 0) is 20.8 Å². The summed E-state index contributed by atoms with van der Waals surface area (Å²) in [5.74, 6) is 4.03. The van der Waals surface area contributed by atoms with Gasteiger partial charge in [0.25, 0.3) is 0 Å². The Balaban J connectivity index is 1.65. The zero-order valence-corrected chi connectivity index (χ0v) is 23.5. The molecule has 2 aromatic carbocycles. The molecular formula is C34H26N8. The Morgan fingerprint density at radius 2 is 0.976 bits per heavy atom. The summed E-state index contributed by atoms with van der Waals surface area (Å²) in [6.07, 6.45) is 9.87. The number of hydrogen-bond donors (Lipinski definition) is 0. The number of rotatable bonds is 1. The number of hydrogen-bond acceptors (Lipinski definition) is 6. The Bertz CT molecular complexity index is 2300. The predicted octanol–water partition coefficient (Wildman–Crippen LogP) is 6.20. The Kier molecular flexibility index (Phi) is 5.21. The van der Waals surface area contributed by atoms with Crippen LogP contribution in [0.5, 0.6) is 0 Å². The van der Waals surface area contributed by atoms with Gasteiger partial charge in [-0.2, -0.15) is 0 Å². The largest absolute Gasteiger partial charge is 0.291 e. The third-order valence-corrected chi connectivity index (χ3v) is 8.09. The van der Waals surface area contributed by atoms with Crippen LogP contribution in [0.4, 0.5) is 11.6 Å². The summed E-state index contributed by atoms with van der Waals surface area (Å²) in [7, 11) is 0. The molecule has 0 saturated heterocycles. The SMILES string of the molecule is C=CC=C1C2=Nc3c4ccccc4c4n3Cn3c(c5ccccc5c3=NC(=N2)/C1=C/C)=NC1=NC(=N4)C(=CC)/C1=C\C. The van der Waals surface area contributed by atoms with Gasteiger partial charge < -0.3 is 0 Å². The molecule has 42 heavy (non-hydrogen) atoms. The van der Waals surface area contributed by atoms with Crippen LogP contribution in [0.15, 0.2) is 138 Å². The van der Waals surface area contributed by atoms with Gasteiger partial charge in [-0.15, -0.1) is 0 Å². The van der Waals surface area contributed by atoms with Crippen molar-refractivity contribution in [3.8, 4) is 0 Å².